The van der Waals surface area contributed by atoms with E-state index in [-0.39, 0.29) is 5.91 Å². The zero-order valence-electron chi connectivity index (χ0n) is 11.0. The van der Waals surface area contributed by atoms with Gasteiger partial charge in [-0.1, -0.05) is 30.3 Å². The molecular weight excluding hydrogens is 224 g/mol. The van der Waals surface area contributed by atoms with Gasteiger partial charge in [-0.05, 0) is 38.3 Å². The summed E-state index contributed by atoms with van der Waals surface area (Å²) in [4.78, 5) is 11.9. The molecule has 2 atom stereocenters. The van der Waals surface area contributed by atoms with E-state index in [1.807, 2.05) is 18.2 Å². The van der Waals surface area contributed by atoms with Crippen LogP contribution in [0.5, 0.6) is 0 Å². The summed E-state index contributed by atoms with van der Waals surface area (Å²) in [5.41, 5.74) is 1.22. The van der Waals surface area contributed by atoms with E-state index >= 15 is 0 Å². The average Bonchev–Trinajstić information content (AvgIpc) is 2.40. The van der Waals surface area contributed by atoms with Crippen LogP contribution in [0.2, 0.25) is 0 Å². The Kier molecular flexibility index (Phi) is 4.76. The molecule has 1 heterocycles. The molecule has 0 bridgehead atoms. The molecule has 18 heavy (non-hydrogen) atoms. The first kappa shape index (κ1) is 13.1. The first-order chi connectivity index (χ1) is 8.75. The Morgan fingerprint density at radius 3 is 2.89 bits per heavy atom. The van der Waals surface area contributed by atoms with Crippen LogP contribution < -0.4 is 10.6 Å². The zero-order chi connectivity index (χ0) is 12.8. The molecule has 2 rings (SSSR count). The number of rotatable bonds is 4. The van der Waals surface area contributed by atoms with Crippen LogP contribution in [-0.2, 0) is 11.2 Å². The first-order valence-electron chi connectivity index (χ1n) is 6.82. The minimum atomic E-state index is 0.166. The van der Waals surface area contributed by atoms with Crippen LogP contribution in [0.4, 0.5) is 0 Å². The van der Waals surface area contributed by atoms with E-state index in [1.165, 1.54) is 5.56 Å². The number of nitrogens with one attached hydrogen (secondary N) is 2. The number of aryl methyl sites for hydroxylation is 1. The Balaban J connectivity index is 1.75. The topological polar surface area (TPSA) is 41.1 Å². The van der Waals surface area contributed by atoms with Crippen LogP contribution in [0, 0.1) is 0 Å². The van der Waals surface area contributed by atoms with Crippen molar-refractivity contribution in [3.8, 4) is 0 Å². The van der Waals surface area contributed by atoms with Crippen molar-refractivity contribution < 1.29 is 4.79 Å². The Labute approximate surface area is 109 Å². The molecule has 2 unspecified atom stereocenters. The quantitative estimate of drug-likeness (QED) is 0.851. The van der Waals surface area contributed by atoms with Crippen molar-refractivity contribution in [2.24, 2.45) is 0 Å². The van der Waals surface area contributed by atoms with Gasteiger partial charge in [0.1, 0.15) is 0 Å². The lowest BCUT2D eigenvalue weighted by atomic mass is 9.99. The Morgan fingerprint density at radius 1 is 1.39 bits per heavy atom. The maximum Gasteiger partial charge on any atom is 0.220 e. The summed E-state index contributed by atoms with van der Waals surface area (Å²) in [5.74, 6) is 0.166. The average molecular weight is 246 g/mol. The summed E-state index contributed by atoms with van der Waals surface area (Å²) >= 11 is 0. The lowest BCUT2D eigenvalue weighted by Crippen LogP contribution is -2.51. The number of benzene rings is 1. The van der Waals surface area contributed by atoms with E-state index in [0.717, 1.165) is 25.8 Å². The number of hydrogen-bond acceptors (Lipinski definition) is 2. The third-order valence-electron chi connectivity index (χ3n) is 3.59. The molecule has 1 saturated heterocycles. The SMILES string of the molecule is CC1NCCCC1NC(=O)CCc1ccccc1. The molecule has 1 aromatic rings. The summed E-state index contributed by atoms with van der Waals surface area (Å²) in [6, 6.07) is 10.8. The standard InChI is InChI=1S/C15H22N2O/c1-12-14(8-5-11-16-12)17-15(18)10-9-13-6-3-2-4-7-13/h2-4,6-7,12,14,16H,5,8-11H2,1H3,(H,17,18). The summed E-state index contributed by atoms with van der Waals surface area (Å²) < 4.78 is 0. The maximum atomic E-state index is 11.9. The van der Waals surface area contributed by atoms with Crippen LogP contribution in [0.15, 0.2) is 30.3 Å². The monoisotopic (exact) mass is 246 g/mol. The Morgan fingerprint density at radius 2 is 2.17 bits per heavy atom. The van der Waals surface area contributed by atoms with Crippen LogP contribution in [0.25, 0.3) is 0 Å². The van der Waals surface area contributed by atoms with E-state index in [4.69, 9.17) is 0 Å². The van der Waals surface area contributed by atoms with E-state index < -0.39 is 0 Å². The lowest BCUT2D eigenvalue weighted by Gasteiger charge is -2.30. The third-order valence-corrected chi connectivity index (χ3v) is 3.59. The maximum absolute atomic E-state index is 11.9. The molecule has 1 amide bonds. The molecule has 0 aromatic heterocycles. The van der Waals surface area contributed by atoms with Crippen molar-refractivity contribution in [2.45, 2.75) is 44.7 Å². The molecule has 3 heteroatoms. The third kappa shape index (κ3) is 3.84. The molecule has 0 spiro atoms. The van der Waals surface area contributed by atoms with Crippen molar-refractivity contribution in [1.29, 1.82) is 0 Å². The molecule has 1 aromatic carbocycles. The van der Waals surface area contributed by atoms with E-state index in [0.29, 0.717) is 18.5 Å². The molecule has 3 nitrogen and oxygen atoms in total. The van der Waals surface area contributed by atoms with Gasteiger partial charge >= 0.3 is 0 Å². The largest absolute Gasteiger partial charge is 0.352 e. The van der Waals surface area contributed by atoms with Gasteiger partial charge in [0.25, 0.3) is 0 Å². The highest BCUT2D eigenvalue weighted by atomic mass is 16.1. The number of hydrogen-bond donors (Lipinski definition) is 2. The molecule has 0 aliphatic carbocycles. The fourth-order valence-corrected chi connectivity index (χ4v) is 2.42. The van der Waals surface area contributed by atoms with Gasteiger partial charge in [-0.2, -0.15) is 0 Å². The zero-order valence-corrected chi connectivity index (χ0v) is 11.0. The summed E-state index contributed by atoms with van der Waals surface area (Å²) in [6.45, 7) is 3.21. The lowest BCUT2D eigenvalue weighted by molar-refractivity contribution is -0.122. The molecule has 1 aliphatic rings. The van der Waals surface area contributed by atoms with Gasteiger partial charge in [-0.25, -0.2) is 0 Å². The highest BCUT2D eigenvalue weighted by Crippen LogP contribution is 2.09. The van der Waals surface area contributed by atoms with E-state index in [9.17, 15) is 4.79 Å². The molecule has 0 saturated carbocycles. The van der Waals surface area contributed by atoms with Gasteiger partial charge < -0.3 is 10.6 Å². The molecule has 1 fully saturated rings. The molecule has 98 valence electrons. The van der Waals surface area contributed by atoms with Crippen LogP contribution in [0.1, 0.15) is 31.7 Å². The molecule has 1 aliphatic heterocycles. The highest BCUT2D eigenvalue weighted by molar-refractivity contribution is 5.76. The minimum Gasteiger partial charge on any atom is -0.352 e. The fourth-order valence-electron chi connectivity index (χ4n) is 2.42. The molecular formula is C15H22N2O. The predicted octanol–water partition coefficient (Wildman–Crippen LogP) is 1.88. The summed E-state index contributed by atoms with van der Waals surface area (Å²) in [6.07, 6.45) is 3.63. The molecule has 0 radical (unpaired) electrons. The Hall–Kier alpha value is -1.35. The second kappa shape index (κ2) is 6.55. The van der Waals surface area contributed by atoms with Crippen molar-refractivity contribution >= 4 is 5.91 Å². The summed E-state index contributed by atoms with van der Waals surface area (Å²) in [7, 11) is 0. The van der Waals surface area contributed by atoms with Gasteiger partial charge in [0, 0.05) is 18.5 Å². The highest BCUT2D eigenvalue weighted by Gasteiger charge is 2.21. The predicted molar refractivity (Wildman–Crippen MR) is 73.4 cm³/mol. The number of carbonyl (C=O) groups is 1. The van der Waals surface area contributed by atoms with Crippen LogP contribution in [0.3, 0.4) is 0 Å². The van der Waals surface area contributed by atoms with E-state index in [2.05, 4.69) is 29.7 Å². The van der Waals surface area contributed by atoms with Crippen molar-refractivity contribution in [1.82, 2.24) is 10.6 Å². The summed E-state index contributed by atoms with van der Waals surface area (Å²) in [5, 5.41) is 6.53. The minimum absolute atomic E-state index is 0.166. The van der Waals surface area contributed by atoms with Gasteiger partial charge in [-0.15, -0.1) is 0 Å². The van der Waals surface area contributed by atoms with Crippen LogP contribution in [-0.4, -0.2) is 24.5 Å². The van der Waals surface area contributed by atoms with Gasteiger partial charge in [-0.3, -0.25) is 4.79 Å². The van der Waals surface area contributed by atoms with Gasteiger partial charge in [0.2, 0.25) is 5.91 Å². The second-order valence-electron chi connectivity index (χ2n) is 5.04. The first-order valence-corrected chi connectivity index (χ1v) is 6.82. The van der Waals surface area contributed by atoms with Crippen molar-refractivity contribution in [2.75, 3.05) is 6.54 Å². The number of piperidine rings is 1. The van der Waals surface area contributed by atoms with Crippen molar-refractivity contribution in [3.05, 3.63) is 35.9 Å². The van der Waals surface area contributed by atoms with Crippen molar-refractivity contribution in [3.63, 3.8) is 0 Å². The number of carbonyl (C=O) groups excluding carboxylic acids is 1. The Bertz CT molecular complexity index is 377. The van der Waals surface area contributed by atoms with Gasteiger partial charge in [0.15, 0.2) is 0 Å². The fraction of sp³-hybridized carbons (Fsp3) is 0.533. The smallest absolute Gasteiger partial charge is 0.220 e. The van der Waals surface area contributed by atoms with Gasteiger partial charge in [0.05, 0.1) is 0 Å². The molecule has 2 N–H and O–H groups in total. The normalized spacial score (nSPS) is 23.6. The van der Waals surface area contributed by atoms with E-state index in [1.54, 1.807) is 0 Å². The van der Waals surface area contributed by atoms with Crippen LogP contribution >= 0.6 is 0 Å². The number of amides is 1. The second-order valence-corrected chi connectivity index (χ2v) is 5.04.